The summed E-state index contributed by atoms with van der Waals surface area (Å²) in [7, 11) is 3.00. The van der Waals surface area contributed by atoms with Crippen LogP contribution in [-0.4, -0.2) is 34.2 Å². The van der Waals surface area contributed by atoms with Crippen LogP contribution in [0.25, 0.3) is 0 Å². The Balaban J connectivity index is 1.82. The maximum absolute atomic E-state index is 13.0. The van der Waals surface area contributed by atoms with Crippen LogP contribution in [0, 0.1) is 0 Å². The van der Waals surface area contributed by atoms with E-state index in [1.54, 1.807) is 12.1 Å². The van der Waals surface area contributed by atoms with E-state index < -0.39 is 0 Å². The predicted molar refractivity (Wildman–Crippen MR) is 115 cm³/mol. The Morgan fingerprint density at radius 2 is 1.76 bits per heavy atom. The molecule has 1 saturated carbocycles. The second kappa shape index (κ2) is 8.18. The summed E-state index contributed by atoms with van der Waals surface area (Å²) in [5, 5.41) is 14.0. The third kappa shape index (κ3) is 3.66. The number of aromatic amines is 1. The van der Waals surface area contributed by atoms with E-state index in [2.05, 4.69) is 5.10 Å². The molecule has 2 N–H and O–H groups in total. The number of nitrogens with zero attached hydrogens (tertiary/aromatic N) is 2. The second-order valence-electron chi connectivity index (χ2n) is 7.60. The fourth-order valence-electron chi connectivity index (χ4n) is 4.29. The molecule has 0 spiro atoms. The molecule has 8 heteroatoms. The van der Waals surface area contributed by atoms with Crippen molar-refractivity contribution in [2.75, 3.05) is 14.2 Å². The maximum atomic E-state index is 13.0. The third-order valence-corrected chi connectivity index (χ3v) is 6.92. The minimum atomic E-state index is -0.248. The fourth-order valence-corrected chi connectivity index (χ4v) is 5.37. The van der Waals surface area contributed by atoms with Gasteiger partial charge in [-0.15, -0.1) is 0 Å². The van der Waals surface area contributed by atoms with Gasteiger partial charge in [-0.05, 0) is 37.5 Å². The van der Waals surface area contributed by atoms with E-state index in [9.17, 15) is 9.90 Å². The topological polar surface area (TPSA) is 88.8 Å². The lowest BCUT2D eigenvalue weighted by molar-refractivity contribution is 0.339. The van der Waals surface area contributed by atoms with E-state index in [0.717, 1.165) is 29.3 Å². The lowest BCUT2D eigenvalue weighted by atomic mass is 10.0. The SMILES string of the molecule is COc1cc([C@@H]2SC(C)=Nc3c2c(=O)[nH]n3C2CCCCCC2)cc(OC)c1O. The van der Waals surface area contributed by atoms with Gasteiger partial charge in [0.05, 0.1) is 36.1 Å². The first-order chi connectivity index (χ1) is 14.0. The molecule has 1 aromatic carbocycles. The molecule has 1 aromatic heterocycles. The van der Waals surface area contributed by atoms with Crippen LogP contribution in [0.1, 0.15) is 67.9 Å². The normalized spacial score (nSPS) is 20.0. The summed E-state index contributed by atoms with van der Waals surface area (Å²) in [6, 6.07) is 3.80. The molecule has 4 rings (SSSR count). The molecule has 2 aromatic rings. The average molecular weight is 418 g/mol. The van der Waals surface area contributed by atoms with Crippen molar-refractivity contribution in [1.29, 1.82) is 0 Å². The monoisotopic (exact) mass is 417 g/mol. The van der Waals surface area contributed by atoms with Gasteiger partial charge in [-0.25, -0.2) is 4.99 Å². The van der Waals surface area contributed by atoms with Gasteiger partial charge in [-0.1, -0.05) is 37.4 Å². The second-order valence-corrected chi connectivity index (χ2v) is 8.89. The number of phenols is 1. The number of ether oxygens (including phenoxy) is 2. The van der Waals surface area contributed by atoms with Crippen molar-refractivity contribution in [3.8, 4) is 17.2 Å². The van der Waals surface area contributed by atoms with Crippen molar-refractivity contribution in [3.05, 3.63) is 33.6 Å². The van der Waals surface area contributed by atoms with Crippen LogP contribution in [-0.2, 0) is 0 Å². The first-order valence-corrected chi connectivity index (χ1v) is 10.9. The molecule has 0 bridgehead atoms. The van der Waals surface area contributed by atoms with E-state index >= 15 is 0 Å². The van der Waals surface area contributed by atoms with E-state index in [1.165, 1.54) is 51.7 Å². The zero-order valence-corrected chi connectivity index (χ0v) is 17.8. The molecule has 7 nitrogen and oxygen atoms in total. The summed E-state index contributed by atoms with van der Waals surface area (Å²) in [5.41, 5.74) is 1.38. The highest BCUT2D eigenvalue weighted by molar-refractivity contribution is 8.14. The van der Waals surface area contributed by atoms with Crippen LogP contribution in [0.3, 0.4) is 0 Å². The Hall–Kier alpha value is -2.35. The molecule has 2 aliphatic rings. The number of aliphatic imine (C=N–C) groups is 1. The van der Waals surface area contributed by atoms with E-state index in [1.807, 2.05) is 11.6 Å². The zero-order valence-electron chi connectivity index (χ0n) is 17.0. The highest BCUT2D eigenvalue weighted by atomic mass is 32.2. The molecule has 0 radical (unpaired) electrons. The highest BCUT2D eigenvalue weighted by Crippen LogP contribution is 2.48. The number of nitrogens with one attached hydrogen (secondary N) is 1. The summed E-state index contributed by atoms with van der Waals surface area (Å²) in [4.78, 5) is 17.8. The smallest absolute Gasteiger partial charge is 0.271 e. The Morgan fingerprint density at radius 3 is 2.34 bits per heavy atom. The van der Waals surface area contributed by atoms with Crippen molar-refractivity contribution in [1.82, 2.24) is 9.78 Å². The molecule has 1 aliphatic heterocycles. The summed E-state index contributed by atoms with van der Waals surface area (Å²) in [5.74, 6) is 1.33. The largest absolute Gasteiger partial charge is 0.502 e. The number of rotatable bonds is 4. The molecule has 1 fully saturated rings. The number of aromatic hydroxyl groups is 1. The first-order valence-electron chi connectivity index (χ1n) is 10.0. The molecule has 2 heterocycles. The molecule has 1 aliphatic carbocycles. The molecular weight excluding hydrogens is 390 g/mol. The number of methoxy groups -OCH3 is 2. The molecule has 0 saturated heterocycles. The summed E-state index contributed by atoms with van der Waals surface area (Å²) in [6.45, 7) is 1.96. The predicted octanol–water partition coefficient (Wildman–Crippen LogP) is 4.68. The molecular formula is C21H27N3O4S. The Morgan fingerprint density at radius 1 is 1.14 bits per heavy atom. The lowest BCUT2D eigenvalue weighted by Crippen LogP contribution is -2.14. The number of thioether (sulfide) groups is 1. The van der Waals surface area contributed by atoms with Crippen LogP contribution < -0.4 is 15.0 Å². The van der Waals surface area contributed by atoms with Crippen LogP contribution >= 0.6 is 11.8 Å². The number of phenolic OH excluding ortho intramolecular Hbond substituents is 1. The number of H-pyrrole nitrogens is 1. The quantitative estimate of drug-likeness (QED) is 0.705. The van der Waals surface area contributed by atoms with Gasteiger partial charge < -0.3 is 14.6 Å². The summed E-state index contributed by atoms with van der Waals surface area (Å²) in [6.07, 6.45) is 6.96. The maximum Gasteiger partial charge on any atom is 0.271 e. The van der Waals surface area contributed by atoms with E-state index in [-0.39, 0.29) is 22.6 Å². The van der Waals surface area contributed by atoms with Gasteiger partial charge in [0.15, 0.2) is 17.3 Å². The highest BCUT2D eigenvalue weighted by Gasteiger charge is 2.33. The summed E-state index contributed by atoms with van der Waals surface area (Å²) >= 11 is 1.53. The van der Waals surface area contributed by atoms with Gasteiger partial charge in [0.1, 0.15) is 0 Å². The summed E-state index contributed by atoms with van der Waals surface area (Å²) < 4.78 is 12.6. The number of benzene rings is 1. The Labute approximate surface area is 174 Å². The van der Waals surface area contributed by atoms with Crippen molar-refractivity contribution >= 4 is 22.6 Å². The molecule has 1 atom stereocenters. The van der Waals surface area contributed by atoms with Gasteiger partial charge in [0.2, 0.25) is 5.75 Å². The van der Waals surface area contributed by atoms with Crippen LogP contribution in [0.15, 0.2) is 21.9 Å². The van der Waals surface area contributed by atoms with Gasteiger partial charge in [-0.3, -0.25) is 14.6 Å². The van der Waals surface area contributed by atoms with E-state index in [4.69, 9.17) is 14.5 Å². The van der Waals surface area contributed by atoms with Crippen LogP contribution in [0.2, 0.25) is 0 Å². The number of hydrogen-bond acceptors (Lipinski definition) is 6. The number of hydrogen-bond donors (Lipinski definition) is 2. The Bertz CT molecular complexity index is 961. The van der Waals surface area contributed by atoms with Gasteiger partial charge in [-0.2, -0.15) is 0 Å². The molecule has 156 valence electrons. The van der Waals surface area contributed by atoms with Crippen molar-refractivity contribution in [2.24, 2.45) is 4.99 Å². The standard InChI is InChI=1S/C21H27N3O4S/c1-12-22-20-17(21(26)23-24(20)14-8-6-4-5-7-9-14)19(29-12)13-10-15(27-2)18(25)16(11-13)28-3/h10-11,14,19,25H,4-9H2,1-3H3,(H,23,26)/t19-/m0/s1. The van der Waals surface area contributed by atoms with Crippen LogP contribution in [0.4, 0.5) is 5.82 Å². The van der Waals surface area contributed by atoms with Crippen molar-refractivity contribution < 1.29 is 14.6 Å². The molecule has 0 unspecified atom stereocenters. The van der Waals surface area contributed by atoms with Crippen molar-refractivity contribution in [2.45, 2.75) is 56.7 Å². The van der Waals surface area contributed by atoms with Crippen molar-refractivity contribution in [3.63, 3.8) is 0 Å². The number of fused-ring (bicyclic) bond motifs is 1. The molecule has 0 amide bonds. The number of aromatic nitrogens is 2. The lowest BCUT2D eigenvalue weighted by Gasteiger charge is -2.24. The zero-order chi connectivity index (χ0) is 20.5. The van der Waals surface area contributed by atoms with Gasteiger partial charge in [0, 0.05) is 0 Å². The molecule has 29 heavy (non-hydrogen) atoms. The minimum Gasteiger partial charge on any atom is -0.502 e. The third-order valence-electron chi connectivity index (χ3n) is 5.74. The van der Waals surface area contributed by atoms with E-state index in [0.29, 0.717) is 17.1 Å². The first kappa shape index (κ1) is 19.9. The average Bonchev–Trinajstić information content (AvgIpc) is 2.88. The Kier molecular flexibility index (Phi) is 5.63. The fraction of sp³-hybridized carbons (Fsp3) is 0.524. The van der Waals surface area contributed by atoms with Crippen LogP contribution in [0.5, 0.6) is 17.2 Å². The van der Waals surface area contributed by atoms with Gasteiger partial charge in [0.25, 0.3) is 5.56 Å². The minimum absolute atomic E-state index is 0.0462. The van der Waals surface area contributed by atoms with Gasteiger partial charge >= 0.3 is 0 Å².